The van der Waals surface area contributed by atoms with Crippen LogP contribution in [0.3, 0.4) is 0 Å². The van der Waals surface area contributed by atoms with Gasteiger partial charge in [0.05, 0.1) is 5.69 Å². The molecule has 7 rings (SSSR count). The van der Waals surface area contributed by atoms with E-state index >= 15 is 0 Å². The van der Waals surface area contributed by atoms with E-state index in [0.717, 1.165) is 18.5 Å². The summed E-state index contributed by atoms with van der Waals surface area (Å²) in [4.78, 5) is 33.0. The Morgan fingerprint density at radius 2 is 1.53 bits per heavy atom. The molecule has 0 spiro atoms. The molecular weight excluding hydrogens is 450 g/mol. The molecule has 6 heteroatoms. The van der Waals surface area contributed by atoms with E-state index in [1.54, 1.807) is 6.20 Å². The zero-order valence-electron chi connectivity index (χ0n) is 19.9. The molecule has 3 aliphatic rings. The first-order valence-electron chi connectivity index (χ1n) is 12.8. The zero-order chi connectivity index (χ0) is 24.2. The fourth-order valence-corrected chi connectivity index (χ4v) is 6.72. The van der Waals surface area contributed by atoms with E-state index < -0.39 is 0 Å². The predicted molar refractivity (Wildman–Crippen MR) is 136 cm³/mol. The number of carbonyl (C=O) groups excluding carboxylic acids is 2. The summed E-state index contributed by atoms with van der Waals surface area (Å²) in [6.07, 6.45) is 6.53. The fourth-order valence-electron chi connectivity index (χ4n) is 6.72. The number of carbonyl (C=O) groups is 2. The average molecular weight is 478 g/mol. The van der Waals surface area contributed by atoms with Crippen molar-refractivity contribution in [3.63, 3.8) is 0 Å². The maximum absolute atomic E-state index is 13.5. The third-order valence-corrected chi connectivity index (χ3v) is 8.33. The number of fused-ring (bicyclic) bond motifs is 6. The maximum atomic E-state index is 13.5. The van der Waals surface area contributed by atoms with E-state index in [0.29, 0.717) is 25.1 Å². The Kier molecular flexibility index (Phi) is 4.94. The van der Waals surface area contributed by atoms with E-state index in [9.17, 15) is 9.59 Å². The van der Waals surface area contributed by atoms with Crippen LogP contribution in [0, 0.1) is 5.92 Å². The van der Waals surface area contributed by atoms with Gasteiger partial charge in [0.1, 0.15) is 12.3 Å². The van der Waals surface area contributed by atoms with E-state index in [1.165, 1.54) is 22.3 Å². The summed E-state index contributed by atoms with van der Waals surface area (Å²) in [5.41, 5.74) is 6.33. The van der Waals surface area contributed by atoms with Crippen LogP contribution in [-0.4, -0.2) is 44.9 Å². The van der Waals surface area contributed by atoms with Crippen LogP contribution in [0.4, 0.5) is 4.79 Å². The van der Waals surface area contributed by atoms with Crippen molar-refractivity contribution in [3.05, 3.63) is 95.9 Å². The van der Waals surface area contributed by atoms with Crippen LogP contribution in [0.1, 0.15) is 53.2 Å². The van der Waals surface area contributed by atoms with Crippen molar-refractivity contribution in [2.24, 2.45) is 5.92 Å². The van der Waals surface area contributed by atoms with E-state index in [4.69, 9.17) is 4.74 Å². The Morgan fingerprint density at radius 1 is 0.861 bits per heavy atom. The minimum atomic E-state index is -0.244. The lowest BCUT2D eigenvalue weighted by Gasteiger charge is -2.37. The molecule has 2 saturated heterocycles. The molecule has 2 fully saturated rings. The number of nitrogens with zero attached hydrogens (tertiary/aromatic N) is 3. The van der Waals surface area contributed by atoms with Crippen molar-refractivity contribution in [2.75, 3.05) is 6.61 Å². The number of ketones is 1. The summed E-state index contributed by atoms with van der Waals surface area (Å²) in [6.45, 7) is 0.327. The van der Waals surface area contributed by atoms with E-state index in [-0.39, 0.29) is 35.8 Å². The minimum absolute atomic E-state index is 0.0498. The summed E-state index contributed by atoms with van der Waals surface area (Å²) >= 11 is 0. The van der Waals surface area contributed by atoms with Crippen molar-refractivity contribution < 1.29 is 14.3 Å². The highest BCUT2D eigenvalue weighted by Gasteiger charge is 2.46. The van der Waals surface area contributed by atoms with Gasteiger partial charge in [0, 0.05) is 36.3 Å². The maximum Gasteiger partial charge on any atom is 0.410 e. The second-order valence-electron chi connectivity index (χ2n) is 10.2. The molecular formula is C30H27N3O3. The van der Waals surface area contributed by atoms with E-state index in [1.807, 2.05) is 45.8 Å². The molecule has 2 aliphatic heterocycles. The summed E-state index contributed by atoms with van der Waals surface area (Å²) < 4.78 is 7.84. The number of amides is 1. The lowest BCUT2D eigenvalue weighted by molar-refractivity contribution is 0.0503. The zero-order valence-corrected chi connectivity index (χ0v) is 19.9. The number of pyridine rings is 1. The van der Waals surface area contributed by atoms with Gasteiger partial charge in [0.25, 0.3) is 0 Å². The number of ether oxygens (including phenoxy) is 1. The van der Waals surface area contributed by atoms with Gasteiger partial charge in [0.15, 0.2) is 5.78 Å². The monoisotopic (exact) mass is 477 g/mol. The SMILES string of the molecule is O=C(c1cccc2nccn12)C1CC2CCC(C1)N2C(=O)OCC1c2ccccc2-c2ccccc21. The first kappa shape index (κ1) is 21.4. The first-order chi connectivity index (χ1) is 17.7. The number of hydrogen-bond acceptors (Lipinski definition) is 4. The van der Waals surface area contributed by atoms with Gasteiger partial charge in [-0.05, 0) is 60.1 Å². The van der Waals surface area contributed by atoms with Gasteiger partial charge in [-0.3, -0.25) is 9.20 Å². The first-order valence-corrected chi connectivity index (χ1v) is 12.8. The molecule has 1 amide bonds. The summed E-state index contributed by atoms with van der Waals surface area (Å²) in [6, 6.07) is 22.5. The van der Waals surface area contributed by atoms with Gasteiger partial charge in [-0.15, -0.1) is 0 Å². The molecule has 36 heavy (non-hydrogen) atoms. The molecule has 4 aromatic rings. The third kappa shape index (κ3) is 3.28. The summed E-state index contributed by atoms with van der Waals surface area (Å²) in [5.74, 6) is 0.101. The molecule has 2 atom stereocenters. The number of imidazole rings is 1. The number of rotatable bonds is 4. The predicted octanol–water partition coefficient (Wildman–Crippen LogP) is 5.71. The van der Waals surface area contributed by atoms with Gasteiger partial charge in [-0.1, -0.05) is 54.6 Å². The lowest BCUT2D eigenvalue weighted by Crippen LogP contribution is -2.48. The van der Waals surface area contributed by atoms with Gasteiger partial charge >= 0.3 is 6.09 Å². The quantitative estimate of drug-likeness (QED) is 0.353. The number of benzene rings is 2. The molecule has 1 aliphatic carbocycles. The minimum Gasteiger partial charge on any atom is -0.448 e. The van der Waals surface area contributed by atoms with Crippen LogP contribution in [0.2, 0.25) is 0 Å². The van der Waals surface area contributed by atoms with Crippen molar-refractivity contribution >= 4 is 17.5 Å². The normalized spacial score (nSPS) is 22.4. The molecule has 4 heterocycles. The lowest BCUT2D eigenvalue weighted by atomic mass is 9.86. The van der Waals surface area contributed by atoms with Crippen LogP contribution < -0.4 is 0 Å². The Bertz CT molecular complexity index is 1430. The van der Waals surface area contributed by atoms with Gasteiger partial charge < -0.3 is 9.64 Å². The summed E-state index contributed by atoms with van der Waals surface area (Å²) in [7, 11) is 0. The molecule has 180 valence electrons. The van der Waals surface area contributed by atoms with Crippen molar-refractivity contribution in [2.45, 2.75) is 43.7 Å². The van der Waals surface area contributed by atoms with Crippen LogP contribution in [0.5, 0.6) is 0 Å². The van der Waals surface area contributed by atoms with Crippen LogP contribution in [0.25, 0.3) is 16.8 Å². The van der Waals surface area contributed by atoms with Crippen LogP contribution in [-0.2, 0) is 4.74 Å². The Balaban J connectivity index is 1.06. The highest BCUT2D eigenvalue weighted by Crippen LogP contribution is 2.45. The van der Waals surface area contributed by atoms with Crippen molar-refractivity contribution in [3.8, 4) is 11.1 Å². The standard InChI is InChI=1S/C30H27N3O3/c34-29(27-10-5-11-28-31-14-15-32(27)28)19-16-20-12-13-21(17-19)33(20)30(35)36-18-26-24-8-3-1-6-22(24)23-7-2-4-9-25(23)26/h1-11,14-15,19-21,26H,12-13,16-18H2. The molecule has 2 aromatic carbocycles. The third-order valence-electron chi connectivity index (χ3n) is 8.33. The van der Waals surface area contributed by atoms with Gasteiger partial charge in [-0.25, -0.2) is 9.78 Å². The molecule has 0 saturated carbocycles. The van der Waals surface area contributed by atoms with Crippen molar-refractivity contribution in [1.29, 1.82) is 0 Å². The Labute approximate surface area is 209 Å². The average Bonchev–Trinajstić information content (AvgIpc) is 3.59. The van der Waals surface area contributed by atoms with E-state index in [2.05, 4.69) is 41.4 Å². The molecule has 0 radical (unpaired) electrons. The van der Waals surface area contributed by atoms with Gasteiger partial charge in [0.2, 0.25) is 0 Å². The van der Waals surface area contributed by atoms with Crippen LogP contribution in [0.15, 0.2) is 79.1 Å². The number of hydrogen-bond donors (Lipinski definition) is 0. The highest BCUT2D eigenvalue weighted by atomic mass is 16.6. The Morgan fingerprint density at radius 3 is 2.22 bits per heavy atom. The molecule has 2 aromatic heterocycles. The molecule has 2 unspecified atom stereocenters. The molecule has 0 N–H and O–H groups in total. The molecule has 6 nitrogen and oxygen atoms in total. The number of Topliss-reactive ketones (excluding diaryl/α,β-unsaturated/α-hetero) is 1. The number of piperidine rings is 1. The smallest absolute Gasteiger partial charge is 0.410 e. The topological polar surface area (TPSA) is 63.9 Å². The fraction of sp³-hybridized carbons (Fsp3) is 0.300. The number of aromatic nitrogens is 2. The highest BCUT2D eigenvalue weighted by molar-refractivity contribution is 5.97. The molecule has 2 bridgehead atoms. The van der Waals surface area contributed by atoms with Gasteiger partial charge in [-0.2, -0.15) is 0 Å². The largest absolute Gasteiger partial charge is 0.448 e. The van der Waals surface area contributed by atoms with Crippen LogP contribution >= 0.6 is 0 Å². The second-order valence-corrected chi connectivity index (χ2v) is 10.2. The Hall–Kier alpha value is -3.93. The summed E-state index contributed by atoms with van der Waals surface area (Å²) in [5, 5.41) is 0. The second kappa shape index (κ2) is 8.33. The van der Waals surface area contributed by atoms with Crippen molar-refractivity contribution in [1.82, 2.24) is 14.3 Å².